The number of esters is 1. The lowest BCUT2D eigenvalue weighted by Gasteiger charge is -2.09. The zero-order valence-electron chi connectivity index (χ0n) is 13.3. The fourth-order valence-corrected chi connectivity index (χ4v) is 2.32. The number of rotatable bonds is 6. The van der Waals surface area contributed by atoms with E-state index < -0.39 is 0 Å². The molecule has 2 amide bonds. The standard InChI is InChI=1S/C18H19ClN2O3/c1-2-24-17(22)14-7-9-15(10-8-14)21-18(23)20-12-11-13-5-3-4-6-16(13)19/h3-10H,2,11-12H2,1H3,(H2,20,21,23). The van der Waals surface area contributed by atoms with Gasteiger partial charge in [-0.25, -0.2) is 9.59 Å². The summed E-state index contributed by atoms with van der Waals surface area (Å²) in [7, 11) is 0. The summed E-state index contributed by atoms with van der Waals surface area (Å²) in [6.07, 6.45) is 0.648. The predicted octanol–water partition coefficient (Wildman–Crippen LogP) is 3.88. The molecule has 0 bridgehead atoms. The number of urea groups is 1. The second-order valence-electron chi connectivity index (χ2n) is 5.02. The van der Waals surface area contributed by atoms with E-state index in [-0.39, 0.29) is 12.0 Å². The fourth-order valence-electron chi connectivity index (χ4n) is 2.09. The largest absolute Gasteiger partial charge is 0.462 e. The maximum absolute atomic E-state index is 11.9. The number of halogens is 1. The molecule has 0 unspecified atom stereocenters. The van der Waals surface area contributed by atoms with Gasteiger partial charge in [0.1, 0.15) is 0 Å². The molecule has 0 aliphatic rings. The van der Waals surface area contributed by atoms with E-state index in [4.69, 9.17) is 16.3 Å². The summed E-state index contributed by atoms with van der Waals surface area (Å²) in [6, 6.07) is 13.7. The number of benzene rings is 2. The monoisotopic (exact) mass is 346 g/mol. The molecule has 0 spiro atoms. The van der Waals surface area contributed by atoms with Gasteiger partial charge in [-0.1, -0.05) is 29.8 Å². The highest BCUT2D eigenvalue weighted by Gasteiger charge is 2.07. The van der Waals surface area contributed by atoms with Gasteiger partial charge in [0, 0.05) is 17.3 Å². The lowest BCUT2D eigenvalue weighted by atomic mass is 10.1. The second kappa shape index (κ2) is 8.93. The third kappa shape index (κ3) is 5.28. The summed E-state index contributed by atoms with van der Waals surface area (Å²) >= 11 is 6.07. The summed E-state index contributed by atoms with van der Waals surface area (Å²) < 4.78 is 4.90. The van der Waals surface area contributed by atoms with Crippen molar-refractivity contribution in [2.45, 2.75) is 13.3 Å². The summed E-state index contributed by atoms with van der Waals surface area (Å²) in [5, 5.41) is 6.16. The van der Waals surface area contributed by atoms with Gasteiger partial charge in [0.25, 0.3) is 0 Å². The fraction of sp³-hybridized carbons (Fsp3) is 0.222. The third-order valence-corrected chi connectivity index (χ3v) is 3.66. The molecule has 2 N–H and O–H groups in total. The van der Waals surface area contributed by atoms with Crippen molar-refractivity contribution in [2.24, 2.45) is 0 Å². The summed E-state index contributed by atoms with van der Waals surface area (Å²) in [4.78, 5) is 23.4. The lowest BCUT2D eigenvalue weighted by molar-refractivity contribution is 0.0526. The molecule has 0 atom stereocenters. The molecule has 0 fully saturated rings. The molecule has 0 saturated carbocycles. The first-order valence-corrected chi connectivity index (χ1v) is 8.03. The van der Waals surface area contributed by atoms with E-state index in [1.807, 2.05) is 24.3 Å². The molecule has 5 nitrogen and oxygen atoms in total. The Balaban J connectivity index is 1.80. The van der Waals surface area contributed by atoms with Crippen molar-refractivity contribution in [3.8, 4) is 0 Å². The Hall–Kier alpha value is -2.53. The average Bonchev–Trinajstić information content (AvgIpc) is 2.57. The molecule has 0 radical (unpaired) electrons. The highest BCUT2D eigenvalue weighted by Crippen LogP contribution is 2.15. The molecule has 0 aromatic heterocycles. The van der Waals surface area contributed by atoms with E-state index in [2.05, 4.69) is 10.6 Å². The molecule has 0 saturated heterocycles. The van der Waals surface area contributed by atoms with Crippen LogP contribution in [0, 0.1) is 0 Å². The first kappa shape index (κ1) is 17.8. The Bertz CT molecular complexity index is 702. The van der Waals surface area contributed by atoms with Crippen LogP contribution in [-0.4, -0.2) is 25.2 Å². The molecule has 0 heterocycles. The molecule has 24 heavy (non-hydrogen) atoms. The minimum absolute atomic E-state index is 0.314. The van der Waals surface area contributed by atoms with Gasteiger partial charge in [-0.3, -0.25) is 0 Å². The van der Waals surface area contributed by atoms with Gasteiger partial charge < -0.3 is 15.4 Å². The van der Waals surface area contributed by atoms with E-state index in [1.165, 1.54) is 0 Å². The predicted molar refractivity (Wildman–Crippen MR) is 94.6 cm³/mol. The molecule has 0 aliphatic heterocycles. The first-order chi connectivity index (χ1) is 11.6. The average molecular weight is 347 g/mol. The zero-order valence-corrected chi connectivity index (χ0v) is 14.1. The Morgan fingerprint density at radius 3 is 2.46 bits per heavy atom. The molecule has 2 rings (SSSR count). The van der Waals surface area contributed by atoms with Crippen LogP contribution in [0.5, 0.6) is 0 Å². The van der Waals surface area contributed by atoms with Crippen LogP contribution in [-0.2, 0) is 11.2 Å². The number of ether oxygens (including phenoxy) is 1. The van der Waals surface area contributed by atoms with Gasteiger partial charge in [-0.15, -0.1) is 0 Å². The van der Waals surface area contributed by atoms with Crippen molar-refractivity contribution >= 4 is 29.3 Å². The van der Waals surface area contributed by atoms with E-state index in [9.17, 15) is 9.59 Å². The SMILES string of the molecule is CCOC(=O)c1ccc(NC(=O)NCCc2ccccc2Cl)cc1. The van der Waals surface area contributed by atoms with Gasteiger partial charge >= 0.3 is 12.0 Å². The second-order valence-corrected chi connectivity index (χ2v) is 5.43. The maximum Gasteiger partial charge on any atom is 0.338 e. The number of carbonyl (C=O) groups excluding carboxylic acids is 2. The molecule has 126 valence electrons. The number of hydrogen-bond donors (Lipinski definition) is 2. The van der Waals surface area contributed by atoms with Crippen LogP contribution < -0.4 is 10.6 Å². The molecule has 6 heteroatoms. The van der Waals surface area contributed by atoms with Gasteiger partial charge in [0.15, 0.2) is 0 Å². The van der Waals surface area contributed by atoms with Crippen LogP contribution in [0.4, 0.5) is 10.5 Å². The van der Waals surface area contributed by atoms with Crippen molar-refractivity contribution < 1.29 is 14.3 Å². The quantitative estimate of drug-likeness (QED) is 0.780. The smallest absolute Gasteiger partial charge is 0.338 e. The molecule has 0 aliphatic carbocycles. The Morgan fingerprint density at radius 2 is 1.79 bits per heavy atom. The summed E-state index contributed by atoms with van der Waals surface area (Å²) in [5.74, 6) is -0.381. The van der Waals surface area contributed by atoms with Crippen LogP contribution in [0.2, 0.25) is 5.02 Å². The lowest BCUT2D eigenvalue weighted by Crippen LogP contribution is -2.30. The highest BCUT2D eigenvalue weighted by atomic mass is 35.5. The zero-order chi connectivity index (χ0) is 17.4. The van der Waals surface area contributed by atoms with Crippen molar-refractivity contribution in [1.29, 1.82) is 0 Å². The number of amides is 2. The topological polar surface area (TPSA) is 67.4 Å². The Kier molecular flexibility index (Phi) is 6.63. The van der Waals surface area contributed by atoms with Gasteiger partial charge in [0.2, 0.25) is 0 Å². The number of nitrogens with one attached hydrogen (secondary N) is 2. The molecule has 2 aromatic carbocycles. The third-order valence-electron chi connectivity index (χ3n) is 3.29. The van der Waals surface area contributed by atoms with E-state index in [0.717, 1.165) is 5.56 Å². The van der Waals surface area contributed by atoms with E-state index >= 15 is 0 Å². The number of carbonyl (C=O) groups is 2. The van der Waals surface area contributed by atoms with Crippen molar-refractivity contribution in [3.63, 3.8) is 0 Å². The van der Waals surface area contributed by atoms with Crippen molar-refractivity contribution in [2.75, 3.05) is 18.5 Å². The number of hydrogen-bond acceptors (Lipinski definition) is 3. The Morgan fingerprint density at radius 1 is 1.08 bits per heavy atom. The number of anilines is 1. The highest BCUT2D eigenvalue weighted by molar-refractivity contribution is 6.31. The van der Waals surface area contributed by atoms with Crippen LogP contribution in [0.25, 0.3) is 0 Å². The maximum atomic E-state index is 11.9. The van der Waals surface area contributed by atoms with Crippen LogP contribution >= 0.6 is 11.6 Å². The summed E-state index contributed by atoms with van der Waals surface area (Å²) in [5.41, 5.74) is 2.03. The minimum atomic E-state index is -0.381. The molecule has 2 aromatic rings. The van der Waals surface area contributed by atoms with Gasteiger partial charge in [-0.05, 0) is 49.2 Å². The van der Waals surface area contributed by atoms with Gasteiger partial charge in [0.05, 0.1) is 12.2 Å². The van der Waals surface area contributed by atoms with Crippen molar-refractivity contribution in [1.82, 2.24) is 5.32 Å². The van der Waals surface area contributed by atoms with Crippen LogP contribution in [0.15, 0.2) is 48.5 Å². The minimum Gasteiger partial charge on any atom is -0.462 e. The summed E-state index contributed by atoms with van der Waals surface area (Å²) in [6.45, 7) is 2.55. The first-order valence-electron chi connectivity index (χ1n) is 7.65. The van der Waals surface area contributed by atoms with Gasteiger partial charge in [-0.2, -0.15) is 0 Å². The van der Waals surface area contributed by atoms with Crippen LogP contribution in [0.3, 0.4) is 0 Å². The Labute approximate surface area is 146 Å². The van der Waals surface area contributed by atoms with Crippen molar-refractivity contribution in [3.05, 3.63) is 64.7 Å². The van der Waals surface area contributed by atoms with E-state index in [0.29, 0.717) is 35.8 Å². The van der Waals surface area contributed by atoms with Crippen LogP contribution in [0.1, 0.15) is 22.8 Å². The molecular formula is C18H19ClN2O3. The molecular weight excluding hydrogens is 328 g/mol. The van der Waals surface area contributed by atoms with E-state index in [1.54, 1.807) is 31.2 Å². The normalized spacial score (nSPS) is 10.1.